The third-order valence-electron chi connectivity index (χ3n) is 9.77. The van der Waals surface area contributed by atoms with Crippen molar-refractivity contribution in [2.24, 2.45) is 5.41 Å². The molecule has 1 aliphatic carbocycles. The molecule has 2 saturated heterocycles. The summed E-state index contributed by atoms with van der Waals surface area (Å²) in [6, 6.07) is 7.44. The Kier molecular flexibility index (Phi) is 5.88. The number of aliphatic hydroxyl groups excluding tert-OH is 1. The van der Waals surface area contributed by atoms with Gasteiger partial charge in [0.25, 0.3) is 5.92 Å². The SMILES string of the molecule is C#Cc1c(F)ccc2cc3[nH]ncc3c(-c3nccc4c3sc3nc(OC[C@]5(CO)CC5(F)F)nc(N5C[C@H]6CC[C@@H](C5)N6)c34)c12. The van der Waals surface area contributed by atoms with Gasteiger partial charge in [0, 0.05) is 59.5 Å². The number of ether oxygens (including phenoxy) is 1. The lowest BCUT2D eigenvalue weighted by atomic mass is 9.93. The zero-order valence-corrected chi connectivity index (χ0v) is 25.1. The van der Waals surface area contributed by atoms with Crippen LogP contribution in [0.3, 0.4) is 0 Å². The second-order valence-electron chi connectivity index (χ2n) is 12.5. The fourth-order valence-electron chi connectivity index (χ4n) is 7.23. The Morgan fingerprint density at radius 2 is 1.93 bits per heavy atom. The first kappa shape index (κ1) is 27.8. The number of benzene rings is 2. The number of hydrogen-bond donors (Lipinski definition) is 3. The van der Waals surface area contributed by atoms with E-state index in [2.05, 4.69) is 26.3 Å². The van der Waals surface area contributed by atoms with E-state index in [0.29, 0.717) is 39.4 Å². The van der Waals surface area contributed by atoms with E-state index in [4.69, 9.17) is 26.1 Å². The maximum absolute atomic E-state index is 15.1. The average Bonchev–Trinajstić information content (AvgIpc) is 3.49. The number of alkyl halides is 2. The van der Waals surface area contributed by atoms with E-state index in [-0.39, 0.29) is 11.6 Å². The molecule has 3 fully saturated rings. The van der Waals surface area contributed by atoms with Crippen molar-refractivity contribution in [3.63, 3.8) is 0 Å². The van der Waals surface area contributed by atoms with Crippen LogP contribution in [-0.4, -0.2) is 74.6 Å². The van der Waals surface area contributed by atoms with Crippen molar-refractivity contribution in [2.45, 2.75) is 37.3 Å². The maximum Gasteiger partial charge on any atom is 0.319 e. The van der Waals surface area contributed by atoms with Gasteiger partial charge in [0.15, 0.2) is 0 Å². The van der Waals surface area contributed by atoms with Crippen LogP contribution in [0.5, 0.6) is 6.01 Å². The van der Waals surface area contributed by atoms with Crippen LogP contribution in [0.2, 0.25) is 0 Å². The van der Waals surface area contributed by atoms with Gasteiger partial charge in [-0.25, -0.2) is 13.2 Å². The van der Waals surface area contributed by atoms with Crippen molar-refractivity contribution in [1.29, 1.82) is 0 Å². The minimum absolute atomic E-state index is 0.0240. The minimum Gasteiger partial charge on any atom is -0.462 e. The first-order chi connectivity index (χ1) is 22.3. The van der Waals surface area contributed by atoms with Gasteiger partial charge in [-0.1, -0.05) is 12.0 Å². The molecule has 2 aliphatic heterocycles. The highest BCUT2D eigenvalue weighted by atomic mass is 32.1. The zero-order valence-electron chi connectivity index (χ0n) is 24.3. The zero-order chi connectivity index (χ0) is 31.4. The van der Waals surface area contributed by atoms with Crippen LogP contribution in [0.15, 0.2) is 36.7 Å². The van der Waals surface area contributed by atoms with Gasteiger partial charge in [-0.05, 0) is 36.4 Å². The summed E-state index contributed by atoms with van der Waals surface area (Å²) in [7, 11) is 0. The van der Waals surface area contributed by atoms with Gasteiger partial charge >= 0.3 is 6.01 Å². The molecule has 232 valence electrons. The second kappa shape index (κ2) is 9.75. The average molecular weight is 642 g/mol. The highest BCUT2D eigenvalue weighted by Crippen LogP contribution is 2.60. The molecule has 0 unspecified atom stereocenters. The van der Waals surface area contributed by atoms with E-state index in [0.717, 1.165) is 57.7 Å². The third-order valence-corrected chi connectivity index (χ3v) is 10.9. The van der Waals surface area contributed by atoms with Gasteiger partial charge in [0.05, 0.1) is 45.1 Å². The predicted molar refractivity (Wildman–Crippen MR) is 170 cm³/mol. The first-order valence-electron chi connectivity index (χ1n) is 15.1. The van der Waals surface area contributed by atoms with E-state index in [1.807, 2.05) is 12.1 Å². The Bertz CT molecular complexity index is 2270. The quantitative estimate of drug-likeness (QED) is 0.208. The molecule has 0 radical (unpaired) electrons. The summed E-state index contributed by atoms with van der Waals surface area (Å²) in [5.41, 5.74) is 0.491. The fourth-order valence-corrected chi connectivity index (χ4v) is 8.38. The number of aromatic nitrogens is 5. The Balaban J connectivity index is 1.28. The standard InChI is InChI=1S/C33H26F3N7O2S/c1-2-19-22(34)6-3-16-9-23-21(10-38-42-23)25(24(16)19)27-28-20(7-8-37-27)26-29(43-11-17-4-5-18(12-43)39-17)40-31(41-30(26)46-28)45-15-32(14-44)13-33(32,35)36/h1,3,6-10,17-18,39,44H,4-5,11-15H2,(H,38,42)/t17-,18+,32-/m1/s1. The number of rotatable bonds is 6. The summed E-state index contributed by atoms with van der Waals surface area (Å²) < 4.78 is 50.1. The van der Waals surface area contributed by atoms with Gasteiger partial charge in [0.1, 0.15) is 23.1 Å². The van der Waals surface area contributed by atoms with Gasteiger partial charge < -0.3 is 20.1 Å². The molecule has 2 aromatic carbocycles. The van der Waals surface area contributed by atoms with Gasteiger partial charge in [-0.15, -0.1) is 17.8 Å². The number of pyridine rings is 1. The predicted octanol–water partition coefficient (Wildman–Crippen LogP) is 5.39. The molecule has 1 saturated carbocycles. The molecule has 3 atom stereocenters. The number of fused-ring (bicyclic) bond motifs is 7. The number of nitrogens with one attached hydrogen (secondary N) is 2. The van der Waals surface area contributed by atoms with E-state index in [1.54, 1.807) is 18.5 Å². The number of anilines is 1. The molecule has 2 bridgehead atoms. The fraction of sp³-hybridized carbons (Fsp3) is 0.333. The molecule has 3 aliphatic rings. The van der Waals surface area contributed by atoms with E-state index >= 15 is 4.39 Å². The molecular formula is C33H26F3N7O2S. The van der Waals surface area contributed by atoms with Crippen LogP contribution in [0, 0.1) is 23.6 Å². The van der Waals surface area contributed by atoms with E-state index in [9.17, 15) is 13.9 Å². The number of halogens is 3. The molecule has 3 N–H and O–H groups in total. The molecule has 6 heterocycles. The molecule has 6 aromatic rings. The lowest BCUT2D eigenvalue weighted by molar-refractivity contribution is 0.0126. The summed E-state index contributed by atoms with van der Waals surface area (Å²) in [5.74, 6) is -0.309. The number of hydrogen-bond acceptors (Lipinski definition) is 9. The highest BCUT2D eigenvalue weighted by molar-refractivity contribution is 7.26. The van der Waals surface area contributed by atoms with Gasteiger partial charge in [-0.3, -0.25) is 10.1 Å². The smallest absolute Gasteiger partial charge is 0.319 e. The summed E-state index contributed by atoms with van der Waals surface area (Å²) in [5, 5.41) is 24.3. The van der Waals surface area contributed by atoms with Crippen molar-refractivity contribution in [3.8, 4) is 29.6 Å². The maximum atomic E-state index is 15.1. The highest BCUT2D eigenvalue weighted by Gasteiger charge is 2.71. The lowest BCUT2D eigenvalue weighted by Gasteiger charge is -2.34. The van der Waals surface area contributed by atoms with Crippen LogP contribution in [0.1, 0.15) is 24.8 Å². The number of aliphatic hydroxyl groups is 1. The molecule has 4 aromatic heterocycles. The molecule has 13 heteroatoms. The number of H-pyrrole nitrogens is 1. The lowest BCUT2D eigenvalue weighted by Crippen LogP contribution is -2.51. The van der Waals surface area contributed by atoms with Crippen molar-refractivity contribution in [2.75, 3.05) is 31.2 Å². The van der Waals surface area contributed by atoms with Crippen LogP contribution in [0.4, 0.5) is 19.0 Å². The summed E-state index contributed by atoms with van der Waals surface area (Å²) in [4.78, 5) is 17.2. The number of aromatic amines is 1. The molecule has 9 rings (SSSR count). The summed E-state index contributed by atoms with van der Waals surface area (Å²) >= 11 is 1.38. The molecule has 9 nitrogen and oxygen atoms in total. The van der Waals surface area contributed by atoms with Gasteiger partial charge in [0.2, 0.25) is 0 Å². The van der Waals surface area contributed by atoms with E-state index < -0.39 is 36.8 Å². The molecule has 0 amide bonds. The first-order valence-corrected chi connectivity index (χ1v) is 15.9. The molecule has 0 spiro atoms. The van der Waals surface area contributed by atoms with Crippen LogP contribution < -0.4 is 15.0 Å². The normalized spacial score (nSPS) is 23.5. The number of terminal acetylenes is 1. The van der Waals surface area contributed by atoms with Crippen molar-refractivity contribution in [3.05, 3.63) is 48.0 Å². The van der Waals surface area contributed by atoms with Crippen molar-refractivity contribution in [1.82, 2.24) is 30.5 Å². The van der Waals surface area contributed by atoms with Crippen LogP contribution in [0.25, 0.3) is 53.2 Å². The van der Waals surface area contributed by atoms with Crippen molar-refractivity contribution < 1.29 is 23.0 Å². The largest absolute Gasteiger partial charge is 0.462 e. The third kappa shape index (κ3) is 3.96. The topological polar surface area (TPSA) is 112 Å². The van der Waals surface area contributed by atoms with Crippen LogP contribution >= 0.6 is 11.3 Å². The van der Waals surface area contributed by atoms with Crippen molar-refractivity contribution >= 4 is 59.1 Å². The van der Waals surface area contributed by atoms with Gasteiger partial charge in [-0.2, -0.15) is 15.1 Å². The number of nitrogens with zero attached hydrogens (tertiary/aromatic N) is 5. The van der Waals surface area contributed by atoms with Crippen LogP contribution in [-0.2, 0) is 0 Å². The number of piperazine rings is 1. The molecule has 46 heavy (non-hydrogen) atoms. The Labute approximate surface area is 263 Å². The summed E-state index contributed by atoms with van der Waals surface area (Å²) in [6.07, 6.45) is 10.9. The second-order valence-corrected chi connectivity index (χ2v) is 13.5. The Hall–Kier alpha value is -4.51. The Morgan fingerprint density at radius 1 is 1.13 bits per heavy atom. The molecular weight excluding hydrogens is 615 g/mol. The minimum atomic E-state index is -3.00. The van der Waals surface area contributed by atoms with E-state index in [1.165, 1.54) is 17.4 Å². The monoisotopic (exact) mass is 641 g/mol. The number of thiophene rings is 1. The summed E-state index contributed by atoms with van der Waals surface area (Å²) in [6.45, 7) is 0.349. The Morgan fingerprint density at radius 3 is 2.67 bits per heavy atom.